The number of rotatable bonds is 4. The maximum Gasteiger partial charge on any atom is 0.226 e. The Labute approximate surface area is 133 Å². The van der Waals surface area contributed by atoms with Gasteiger partial charge in [0.1, 0.15) is 5.84 Å². The van der Waals surface area contributed by atoms with E-state index < -0.39 is 5.82 Å². The lowest BCUT2D eigenvalue weighted by Crippen LogP contribution is -2.29. The van der Waals surface area contributed by atoms with Gasteiger partial charge in [0.15, 0.2) is 5.82 Å². The fraction of sp³-hybridized carbons (Fsp3) is 0.235. The first-order chi connectivity index (χ1) is 11.1. The first-order valence-electron chi connectivity index (χ1n) is 7.37. The second-order valence-electron chi connectivity index (χ2n) is 5.49. The van der Waals surface area contributed by atoms with Gasteiger partial charge in [-0.1, -0.05) is 30.3 Å². The summed E-state index contributed by atoms with van der Waals surface area (Å²) in [4.78, 5) is 20.2. The highest BCUT2D eigenvalue weighted by atomic mass is 19.1. The minimum Gasteiger partial charge on any atom is -0.383 e. The molecule has 0 saturated heterocycles. The smallest absolute Gasteiger partial charge is 0.226 e. The standard InChI is InChI=1S/C17H17FN4O/c1-10(11-5-3-2-4-6-11)22-15(23)7-14-16(18)12-8-21-17(19)13(12)9-20-14/h2-6,9-10H,7-8H2,1H3,(H2,19,21)(H,22,23)/t10-/m1/s1. The van der Waals surface area contributed by atoms with E-state index in [2.05, 4.69) is 15.3 Å². The van der Waals surface area contributed by atoms with Gasteiger partial charge in [-0.05, 0) is 12.5 Å². The fourth-order valence-corrected chi connectivity index (χ4v) is 2.59. The van der Waals surface area contributed by atoms with E-state index >= 15 is 0 Å². The summed E-state index contributed by atoms with van der Waals surface area (Å²) in [7, 11) is 0. The van der Waals surface area contributed by atoms with E-state index in [1.54, 1.807) is 0 Å². The number of aliphatic imine (C=N–C) groups is 1. The van der Waals surface area contributed by atoms with Crippen LogP contribution in [0.5, 0.6) is 0 Å². The monoisotopic (exact) mass is 312 g/mol. The van der Waals surface area contributed by atoms with Crippen LogP contribution < -0.4 is 11.1 Å². The highest BCUT2D eigenvalue weighted by Crippen LogP contribution is 2.22. The molecule has 1 atom stereocenters. The number of halogens is 1. The number of nitrogens with zero attached hydrogens (tertiary/aromatic N) is 2. The van der Waals surface area contributed by atoms with E-state index in [0.29, 0.717) is 17.0 Å². The molecule has 1 aliphatic heterocycles. The molecule has 0 unspecified atom stereocenters. The third-order valence-corrected chi connectivity index (χ3v) is 3.88. The van der Waals surface area contributed by atoms with Gasteiger partial charge in [0.25, 0.3) is 0 Å². The number of aromatic nitrogens is 1. The number of fused-ring (bicyclic) bond motifs is 1. The lowest BCUT2D eigenvalue weighted by Gasteiger charge is -2.14. The van der Waals surface area contributed by atoms with Crippen LogP contribution in [-0.4, -0.2) is 16.7 Å². The van der Waals surface area contributed by atoms with Gasteiger partial charge < -0.3 is 11.1 Å². The fourth-order valence-electron chi connectivity index (χ4n) is 2.59. The Morgan fingerprint density at radius 3 is 2.87 bits per heavy atom. The molecule has 3 N–H and O–H groups in total. The molecule has 0 aliphatic carbocycles. The molecule has 0 spiro atoms. The number of carbonyl (C=O) groups is 1. The molecule has 1 aromatic carbocycles. The molecule has 0 saturated carbocycles. The van der Waals surface area contributed by atoms with Crippen molar-refractivity contribution in [3.8, 4) is 0 Å². The summed E-state index contributed by atoms with van der Waals surface area (Å²) in [5.41, 5.74) is 7.70. The molecule has 1 amide bonds. The van der Waals surface area contributed by atoms with Gasteiger partial charge in [0.05, 0.1) is 24.7 Å². The number of amides is 1. The number of nitrogens with two attached hydrogens (primary N) is 1. The van der Waals surface area contributed by atoms with Gasteiger partial charge in [-0.15, -0.1) is 0 Å². The van der Waals surface area contributed by atoms with Crippen LogP contribution in [0.1, 0.15) is 35.3 Å². The predicted octanol–water partition coefficient (Wildman–Crippen LogP) is 1.86. The Balaban J connectivity index is 1.70. The summed E-state index contributed by atoms with van der Waals surface area (Å²) >= 11 is 0. The van der Waals surface area contributed by atoms with Crippen LogP contribution in [0.3, 0.4) is 0 Å². The van der Waals surface area contributed by atoms with Gasteiger partial charge in [-0.25, -0.2) is 4.39 Å². The van der Waals surface area contributed by atoms with Crippen molar-refractivity contribution in [1.82, 2.24) is 10.3 Å². The van der Waals surface area contributed by atoms with Crippen molar-refractivity contribution >= 4 is 11.7 Å². The third-order valence-electron chi connectivity index (χ3n) is 3.88. The molecule has 1 aromatic heterocycles. The van der Waals surface area contributed by atoms with Gasteiger partial charge in [-0.3, -0.25) is 14.8 Å². The van der Waals surface area contributed by atoms with Gasteiger partial charge >= 0.3 is 0 Å². The SMILES string of the molecule is C[C@@H](NC(=O)Cc1ncc2c(c1F)CN=C2N)c1ccccc1. The molecule has 23 heavy (non-hydrogen) atoms. The van der Waals surface area contributed by atoms with E-state index in [4.69, 9.17) is 5.73 Å². The Morgan fingerprint density at radius 1 is 1.39 bits per heavy atom. The highest BCUT2D eigenvalue weighted by molar-refractivity contribution is 6.00. The second-order valence-corrected chi connectivity index (χ2v) is 5.49. The van der Waals surface area contributed by atoms with Crippen molar-refractivity contribution in [1.29, 1.82) is 0 Å². The summed E-state index contributed by atoms with van der Waals surface area (Å²) in [5.74, 6) is -0.478. The van der Waals surface area contributed by atoms with Gasteiger partial charge in [0, 0.05) is 17.3 Å². The predicted molar refractivity (Wildman–Crippen MR) is 85.3 cm³/mol. The summed E-state index contributed by atoms with van der Waals surface area (Å²) in [5, 5.41) is 2.85. The van der Waals surface area contributed by atoms with Crippen LogP contribution >= 0.6 is 0 Å². The molecule has 2 heterocycles. The largest absolute Gasteiger partial charge is 0.383 e. The van der Waals surface area contributed by atoms with E-state index in [9.17, 15) is 9.18 Å². The molecule has 0 fully saturated rings. The molecule has 1 aliphatic rings. The van der Waals surface area contributed by atoms with Crippen LogP contribution in [0.15, 0.2) is 41.5 Å². The molecular formula is C17H17FN4O. The average molecular weight is 312 g/mol. The Hall–Kier alpha value is -2.76. The quantitative estimate of drug-likeness (QED) is 0.904. The van der Waals surface area contributed by atoms with Gasteiger partial charge in [0.2, 0.25) is 5.91 Å². The van der Waals surface area contributed by atoms with E-state index in [-0.39, 0.29) is 30.6 Å². The number of hydrogen-bond donors (Lipinski definition) is 2. The summed E-state index contributed by atoms with van der Waals surface area (Å²) in [6.07, 6.45) is 1.36. The van der Waals surface area contributed by atoms with Crippen LogP contribution in [0.25, 0.3) is 0 Å². The second kappa shape index (κ2) is 6.16. The molecule has 0 radical (unpaired) electrons. The van der Waals surface area contributed by atoms with Crippen LogP contribution in [0, 0.1) is 5.82 Å². The van der Waals surface area contributed by atoms with E-state index in [1.165, 1.54) is 6.20 Å². The Kier molecular flexibility index (Phi) is 4.06. The van der Waals surface area contributed by atoms with Crippen LogP contribution in [-0.2, 0) is 17.8 Å². The van der Waals surface area contributed by atoms with Crippen molar-refractivity contribution < 1.29 is 9.18 Å². The Bertz CT molecular complexity index is 774. The highest BCUT2D eigenvalue weighted by Gasteiger charge is 2.22. The summed E-state index contributed by atoms with van der Waals surface area (Å²) in [6.45, 7) is 2.08. The number of benzene rings is 1. The number of nitrogens with one attached hydrogen (secondary N) is 1. The molecule has 3 rings (SSSR count). The van der Waals surface area contributed by atoms with Crippen molar-refractivity contribution in [3.05, 3.63) is 64.7 Å². The molecule has 5 nitrogen and oxygen atoms in total. The van der Waals surface area contributed by atoms with E-state index in [1.807, 2.05) is 37.3 Å². The van der Waals surface area contributed by atoms with Crippen molar-refractivity contribution in [2.24, 2.45) is 10.7 Å². The summed E-state index contributed by atoms with van der Waals surface area (Å²) in [6, 6.07) is 9.43. The number of pyridine rings is 1. The third kappa shape index (κ3) is 3.06. The first kappa shape index (κ1) is 15.1. The number of amidine groups is 1. The van der Waals surface area contributed by atoms with Crippen molar-refractivity contribution in [3.63, 3.8) is 0 Å². The topological polar surface area (TPSA) is 80.4 Å². The molecule has 0 bridgehead atoms. The number of carbonyl (C=O) groups excluding carboxylic acids is 1. The van der Waals surface area contributed by atoms with Crippen LogP contribution in [0.4, 0.5) is 4.39 Å². The van der Waals surface area contributed by atoms with Gasteiger partial charge in [-0.2, -0.15) is 0 Å². The molecule has 6 heteroatoms. The number of hydrogen-bond acceptors (Lipinski definition) is 4. The van der Waals surface area contributed by atoms with Crippen molar-refractivity contribution in [2.45, 2.75) is 25.9 Å². The zero-order valence-corrected chi connectivity index (χ0v) is 12.7. The molecule has 118 valence electrons. The minimum atomic E-state index is -0.491. The Morgan fingerprint density at radius 2 is 2.13 bits per heavy atom. The van der Waals surface area contributed by atoms with Crippen LogP contribution in [0.2, 0.25) is 0 Å². The average Bonchev–Trinajstić information content (AvgIpc) is 2.93. The first-order valence-corrected chi connectivity index (χ1v) is 7.37. The van der Waals surface area contributed by atoms with Crippen molar-refractivity contribution in [2.75, 3.05) is 0 Å². The zero-order valence-electron chi connectivity index (χ0n) is 12.7. The maximum absolute atomic E-state index is 14.4. The molecular weight excluding hydrogens is 295 g/mol. The zero-order chi connectivity index (χ0) is 16.4. The van der Waals surface area contributed by atoms with E-state index in [0.717, 1.165) is 5.56 Å². The maximum atomic E-state index is 14.4. The lowest BCUT2D eigenvalue weighted by molar-refractivity contribution is -0.121. The minimum absolute atomic E-state index is 0.115. The normalized spacial score (nSPS) is 14.1. The summed E-state index contributed by atoms with van der Waals surface area (Å²) < 4.78 is 14.4. The lowest BCUT2D eigenvalue weighted by atomic mass is 10.1. The molecule has 2 aromatic rings.